The van der Waals surface area contributed by atoms with Gasteiger partial charge in [0.1, 0.15) is 5.75 Å². The van der Waals surface area contributed by atoms with E-state index in [1.807, 2.05) is 24.3 Å². The monoisotopic (exact) mass is 277 g/mol. The van der Waals surface area contributed by atoms with Crippen LogP contribution in [0.5, 0.6) is 5.75 Å². The third kappa shape index (κ3) is 4.56. The zero-order chi connectivity index (χ0) is 14.7. The number of carboxylic acids is 1. The fourth-order valence-electron chi connectivity index (χ4n) is 1.26. The molecule has 0 N–H and O–H groups in total. The van der Waals surface area contributed by atoms with E-state index in [0.717, 1.165) is 17.4 Å². The van der Waals surface area contributed by atoms with Gasteiger partial charge in [0.25, 0.3) is 0 Å². The van der Waals surface area contributed by atoms with Crippen LogP contribution in [0, 0.1) is 0 Å². The molecule has 4 heteroatoms. The molecule has 0 atom stereocenters. The van der Waals surface area contributed by atoms with E-state index in [2.05, 4.69) is 33.9 Å². The smallest absolute Gasteiger partial charge is 0.250 e. The summed E-state index contributed by atoms with van der Waals surface area (Å²) in [6.07, 6.45) is 2.52. The minimum absolute atomic E-state index is 0.153. The standard InChI is InChI=1S/C15H22O3Si/c1-15(2,3)19(4,5)18-13-9-6-12(7-10-13)8-11-14(16)17/h6-11H,1-5H3,(H,16,17)/p-1/b11-8+. The molecule has 0 heterocycles. The molecule has 0 aromatic heterocycles. The highest BCUT2D eigenvalue weighted by atomic mass is 28.4. The molecule has 0 unspecified atom stereocenters. The Morgan fingerprint density at radius 2 is 1.74 bits per heavy atom. The zero-order valence-corrected chi connectivity index (χ0v) is 13.2. The number of carbonyl (C=O) groups excluding carboxylic acids is 1. The summed E-state index contributed by atoms with van der Waals surface area (Å²) in [6.45, 7) is 11.0. The molecule has 3 nitrogen and oxygen atoms in total. The maximum absolute atomic E-state index is 10.3. The van der Waals surface area contributed by atoms with E-state index in [4.69, 9.17) is 4.43 Å². The third-order valence-corrected chi connectivity index (χ3v) is 7.83. The van der Waals surface area contributed by atoms with Crippen molar-refractivity contribution in [1.82, 2.24) is 0 Å². The fourth-order valence-corrected chi connectivity index (χ4v) is 2.29. The summed E-state index contributed by atoms with van der Waals surface area (Å²) < 4.78 is 6.13. The minimum Gasteiger partial charge on any atom is -0.545 e. The van der Waals surface area contributed by atoms with Gasteiger partial charge in [-0.3, -0.25) is 0 Å². The van der Waals surface area contributed by atoms with Gasteiger partial charge in [0.2, 0.25) is 8.32 Å². The highest BCUT2D eigenvalue weighted by molar-refractivity contribution is 6.74. The number of hydrogen-bond donors (Lipinski definition) is 0. The minimum atomic E-state index is -1.82. The highest BCUT2D eigenvalue weighted by Gasteiger charge is 2.38. The van der Waals surface area contributed by atoms with E-state index in [-0.39, 0.29) is 5.04 Å². The van der Waals surface area contributed by atoms with Gasteiger partial charge in [-0.2, -0.15) is 0 Å². The van der Waals surface area contributed by atoms with Crippen LogP contribution in [0.3, 0.4) is 0 Å². The number of hydrogen-bond acceptors (Lipinski definition) is 3. The van der Waals surface area contributed by atoms with E-state index in [1.165, 1.54) is 6.08 Å². The Bertz CT molecular complexity index is 467. The Morgan fingerprint density at radius 3 is 2.16 bits per heavy atom. The Balaban J connectivity index is 2.81. The lowest BCUT2D eigenvalue weighted by Crippen LogP contribution is -2.43. The molecule has 0 aliphatic rings. The maximum atomic E-state index is 10.3. The molecule has 0 radical (unpaired) electrons. The van der Waals surface area contributed by atoms with Gasteiger partial charge in [0.05, 0.1) is 5.97 Å². The lowest BCUT2D eigenvalue weighted by Gasteiger charge is -2.36. The Labute approximate surface area is 116 Å². The Kier molecular flexibility index (Phi) is 4.58. The quantitative estimate of drug-likeness (QED) is 0.628. The van der Waals surface area contributed by atoms with Crippen molar-refractivity contribution in [1.29, 1.82) is 0 Å². The number of rotatable bonds is 4. The normalized spacial score (nSPS) is 12.7. The van der Waals surface area contributed by atoms with Crippen molar-refractivity contribution in [2.24, 2.45) is 0 Å². The molecule has 19 heavy (non-hydrogen) atoms. The first-order valence-corrected chi connectivity index (χ1v) is 9.21. The molecule has 0 aliphatic carbocycles. The van der Waals surface area contributed by atoms with Crippen LogP contribution in [0.15, 0.2) is 30.3 Å². The molecule has 0 aliphatic heterocycles. The number of aliphatic carboxylic acids is 1. The van der Waals surface area contributed by atoms with Crippen molar-refractivity contribution in [3.63, 3.8) is 0 Å². The van der Waals surface area contributed by atoms with Crippen molar-refractivity contribution in [3.8, 4) is 5.75 Å². The van der Waals surface area contributed by atoms with E-state index >= 15 is 0 Å². The molecular weight excluding hydrogens is 256 g/mol. The number of benzene rings is 1. The van der Waals surface area contributed by atoms with Crippen molar-refractivity contribution in [2.75, 3.05) is 0 Å². The lowest BCUT2D eigenvalue weighted by atomic mass is 10.2. The van der Waals surface area contributed by atoms with Crippen molar-refractivity contribution in [3.05, 3.63) is 35.9 Å². The molecule has 1 aromatic rings. The van der Waals surface area contributed by atoms with Crippen molar-refractivity contribution < 1.29 is 14.3 Å². The first-order valence-electron chi connectivity index (χ1n) is 6.30. The Morgan fingerprint density at radius 1 is 1.21 bits per heavy atom. The third-order valence-electron chi connectivity index (χ3n) is 3.47. The van der Waals surface area contributed by atoms with Gasteiger partial charge in [0.15, 0.2) is 0 Å². The molecule has 0 amide bonds. The average Bonchev–Trinajstić information content (AvgIpc) is 2.26. The molecule has 104 valence electrons. The largest absolute Gasteiger partial charge is 0.545 e. The van der Waals surface area contributed by atoms with Crippen LogP contribution in [-0.4, -0.2) is 14.3 Å². The van der Waals surface area contributed by atoms with Gasteiger partial charge in [0, 0.05) is 0 Å². The molecule has 0 spiro atoms. The number of carbonyl (C=O) groups is 1. The van der Waals surface area contributed by atoms with Crippen molar-refractivity contribution >= 4 is 20.4 Å². The summed E-state index contributed by atoms with van der Waals surface area (Å²) in [6, 6.07) is 7.41. The van der Waals surface area contributed by atoms with Crippen LogP contribution in [0.2, 0.25) is 18.1 Å². The summed E-state index contributed by atoms with van der Waals surface area (Å²) in [4.78, 5) is 10.3. The van der Waals surface area contributed by atoms with Gasteiger partial charge in [-0.15, -0.1) is 0 Å². The van der Waals surface area contributed by atoms with Crippen LogP contribution < -0.4 is 9.53 Å². The first-order chi connectivity index (χ1) is 8.62. The summed E-state index contributed by atoms with van der Waals surface area (Å²) in [5.41, 5.74) is 0.812. The second kappa shape index (κ2) is 5.61. The first kappa shape index (κ1) is 15.5. The molecule has 1 rings (SSSR count). The maximum Gasteiger partial charge on any atom is 0.250 e. The number of carboxylic acid groups (broad SMARTS) is 1. The van der Waals surface area contributed by atoms with Crippen molar-refractivity contribution in [2.45, 2.75) is 38.9 Å². The van der Waals surface area contributed by atoms with E-state index in [0.29, 0.717) is 0 Å². The van der Waals surface area contributed by atoms with Gasteiger partial charge >= 0.3 is 0 Å². The second-order valence-electron chi connectivity index (χ2n) is 6.08. The summed E-state index contributed by atoms with van der Waals surface area (Å²) in [7, 11) is -1.82. The molecule has 1 aromatic carbocycles. The highest BCUT2D eigenvalue weighted by Crippen LogP contribution is 2.37. The van der Waals surface area contributed by atoms with Crippen LogP contribution >= 0.6 is 0 Å². The average molecular weight is 277 g/mol. The van der Waals surface area contributed by atoms with Crippen LogP contribution in [0.25, 0.3) is 6.08 Å². The van der Waals surface area contributed by atoms with Gasteiger partial charge in [-0.05, 0) is 41.9 Å². The topological polar surface area (TPSA) is 49.4 Å². The predicted molar refractivity (Wildman–Crippen MR) is 78.3 cm³/mol. The summed E-state index contributed by atoms with van der Waals surface area (Å²) >= 11 is 0. The molecular formula is C15H21O3Si-. The summed E-state index contributed by atoms with van der Waals surface area (Å²) in [5.74, 6) is -0.362. The van der Waals surface area contributed by atoms with E-state index < -0.39 is 14.3 Å². The van der Waals surface area contributed by atoms with E-state index in [9.17, 15) is 9.90 Å². The Hall–Kier alpha value is -1.55. The van der Waals surface area contributed by atoms with Gasteiger partial charge < -0.3 is 14.3 Å². The predicted octanol–water partition coefficient (Wildman–Crippen LogP) is 2.83. The van der Waals surface area contributed by atoms with Gasteiger partial charge in [-0.25, -0.2) is 0 Å². The lowest BCUT2D eigenvalue weighted by molar-refractivity contribution is -0.297. The van der Waals surface area contributed by atoms with E-state index in [1.54, 1.807) is 0 Å². The SMILES string of the molecule is CC(C)(C)[Si](C)(C)Oc1ccc(/C=C/C(=O)[O-])cc1. The molecule has 0 saturated carbocycles. The molecule has 0 fully saturated rings. The molecule has 0 bridgehead atoms. The second-order valence-corrected chi connectivity index (χ2v) is 10.8. The fraction of sp³-hybridized carbons (Fsp3) is 0.400. The van der Waals surface area contributed by atoms with Gasteiger partial charge in [-0.1, -0.05) is 39.0 Å². The van der Waals surface area contributed by atoms with Crippen LogP contribution in [0.1, 0.15) is 26.3 Å². The zero-order valence-electron chi connectivity index (χ0n) is 12.2. The summed E-state index contributed by atoms with van der Waals surface area (Å²) in [5, 5.41) is 10.5. The molecule has 0 saturated heterocycles. The van der Waals surface area contributed by atoms with Crippen LogP contribution in [-0.2, 0) is 4.79 Å². The van der Waals surface area contributed by atoms with Crippen LogP contribution in [0.4, 0.5) is 0 Å².